The second-order valence-corrected chi connectivity index (χ2v) is 3.65. The standard InChI is InChI=1S/C12H12N2O2/c13-11(6-12(15)16)10-3-1-2-8-7-14-5-4-9(8)10/h1-5,7,11H,6,13H2,(H,15,16)/t11-/m1/s1. The van der Waals surface area contributed by atoms with Crippen LogP contribution in [0.1, 0.15) is 18.0 Å². The van der Waals surface area contributed by atoms with E-state index in [0.717, 1.165) is 16.3 Å². The predicted octanol–water partition coefficient (Wildman–Crippen LogP) is 1.71. The van der Waals surface area contributed by atoms with Crippen LogP contribution in [0.5, 0.6) is 0 Å². The normalized spacial score (nSPS) is 12.6. The van der Waals surface area contributed by atoms with Gasteiger partial charge in [-0.1, -0.05) is 18.2 Å². The number of aromatic nitrogens is 1. The fourth-order valence-corrected chi connectivity index (χ4v) is 1.77. The Balaban J connectivity index is 2.47. The molecule has 4 nitrogen and oxygen atoms in total. The Morgan fingerprint density at radius 3 is 3.00 bits per heavy atom. The lowest BCUT2D eigenvalue weighted by Crippen LogP contribution is -2.15. The Labute approximate surface area is 92.7 Å². The lowest BCUT2D eigenvalue weighted by molar-refractivity contribution is -0.137. The number of fused-ring (bicyclic) bond motifs is 1. The molecule has 0 bridgehead atoms. The third-order valence-electron chi connectivity index (χ3n) is 2.51. The minimum atomic E-state index is -0.890. The van der Waals surface area contributed by atoms with E-state index >= 15 is 0 Å². The number of nitrogens with two attached hydrogens (primary N) is 1. The molecule has 0 amide bonds. The molecule has 2 rings (SSSR count). The van der Waals surface area contributed by atoms with E-state index in [9.17, 15) is 4.79 Å². The van der Waals surface area contributed by atoms with Gasteiger partial charge >= 0.3 is 5.97 Å². The van der Waals surface area contributed by atoms with E-state index in [1.54, 1.807) is 12.4 Å². The van der Waals surface area contributed by atoms with Crippen molar-refractivity contribution >= 4 is 16.7 Å². The van der Waals surface area contributed by atoms with E-state index in [1.165, 1.54) is 0 Å². The molecular weight excluding hydrogens is 204 g/mol. The lowest BCUT2D eigenvalue weighted by atomic mass is 9.99. The second-order valence-electron chi connectivity index (χ2n) is 3.65. The van der Waals surface area contributed by atoms with Gasteiger partial charge in [-0.15, -0.1) is 0 Å². The minimum absolute atomic E-state index is 0.0680. The summed E-state index contributed by atoms with van der Waals surface area (Å²) < 4.78 is 0. The first-order valence-corrected chi connectivity index (χ1v) is 4.98. The van der Waals surface area contributed by atoms with E-state index < -0.39 is 12.0 Å². The maximum Gasteiger partial charge on any atom is 0.305 e. The van der Waals surface area contributed by atoms with Gasteiger partial charge in [0.2, 0.25) is 0 Å². The molecule has 2 aromatic rings. The van der Waals surface area contributed by atoms with E-state index in [1.807, 2.05) is 24.3 Å². The molecule has 0 radical (unpaired) electrons. The first-order valence-electron chi connectivity index (χ1n) is 4.98. The van der Waals surface area contributed by atoms with Gasteiger partial charge in [-0.05, 0) is 17.0 Å². The summed E-state index contributed by atoms with van der Waals surface area (Å²) in [6, 6.07) is 7.02. The van der Waals surface area contributed by atoms with E-state index in [4.69, 9.17) is 10.8 Å². The van der Waals surface area contributed by atoms with E-state index in [2.05, 4.69) is 4.98 Å². The minimum Gasteiger partial charge on any atom is -0.481 e. The molecule has 0 fully saturated rings. The molecular formula is C12H12N2O2. The molecule has 1 atom stereocenters. The van der Waals surface area contributed by atoms with Crippen LogP contribution in [0, 0.1) is 0 Å². The number of rotatable bonds is 3. The van der Waals surface area contributed by atoms with Crippen molar-refractivity contribution in [2.45, 2.75) is 12.5 Å². The van der Waals surface area contributed by atoms with Gasteiger partial charge in [0, 0.05) is 23.8 Å². The SMILES string of the molecule is N[C@H](CC(=O)O)c1cccc2cnccc12. The van der Waals surface area contributed by atoms with Crippen LogP contribution >= 0.6 is 0 Å². The fourth-order valence-electron chi connectivity index (χ4n) is 1.77. The predicted molar refractivity (Wildman–Crippen MR) is 60.9 cm³/mol. The van der Waals surface area contributed by atoms with Crippen molar-refractivity contribution in [1.29, 1.82) is 0 Å². The van der Waals surface area contributed by atoms with Crippen LogP contribution in [0.15, 0.2) is 36.7 Å². The van der Waals surface area contributed by atoms with Gasteiger partial charge in [0.05, 0.1) is 6.42 Å². The van der Waals surface area contributed by atoms with Crippen molar-refractivity contribution < 1.29 is 9.90 Å². The number of carboxylic acid groups (broad SMARTS) is 1. The van der Waals surface area contributed by atoms with Crippen LogP contribution in [0.4, 0.5) is 0 Å². The highest BCUT2D eigenvalue weighted by molar-refractivity contribution is 5.85. The Morgan fingerprint density at radius 2 is 2.25 bits per heavy atom. The number of pyridine rings is 1. The third kappa shape index (κ3) is 2.01. The van der Waals surface area contributed by atoms with Gasteiger partial charge in [-0.25, -0.2) is 0 Å². The molecule has 1 aromatic heterocycles. The van der Waals surface area contributed by atoms with Gasteiger partial charge in [0.25, 0.3) is 0 Å². The van der Waals surface area contributed by atoms with Crippen LogP contribution in [-0.4, -0.2) is 16.1 Å². The van der Waals surface area contributed by atoms with Gasteiger partial charge in [-0.2, -0.15) is 0 Å². The molecule has 0 aliphatic rings. The van der Waals surface area contributed by atoms with Crippen molar-refractivity contribution in [2.24, 2.45) is 5.73 Å². The first-order chi connectivity index (χ1) is 7.68. The van der Waals surface area contributed by atoms with Crippen LogP contribution in [0.2, 0.25) is 0 Å². The Kier molecular flexibility index (Phi) is 2.83. The van der Waals surface area contributed by atoms with Crippen molar-refractivity contribution in [3.8, 4) is 0 Å². The summed E-state index contributed by atoms with van der Waals surface area (Å²) in [4.78, 5) is 14.6. The van der Waals surface area contributed by atoms with Crippen molar-refractivity contribution in [3.05, 3.63) is 42.2 Å². The lowest BCUT2D eigenvalue weighted by Gasteiger charge is -2.12. The van der Waals surface area contributed by atoms with Gasteiger partial charge in [0.15, 0.2) is 0 Å². The molecule has 0 aliphatic heterocycles. The second kappa shape index (κ2) is 4.28. The molecule has 1 heterocycles. The van der Waals surface area contributed by atoms with E-state index in [0.29, 0.717) is 0 Å². The summed E-state index contributed by atoms with van der Waals surface area (Å²) in [7, 11) is 0. The Bertz CT molecular complexity index is 520. The summed E-state index contributed by atoms with van der Waals surface area (Å²) in [5.41, 5.74) is 6.71. The summed E-state index contributed by atoms with van der Waals surface area (Å²) in [5.74, 6) is -0.890. The van der Waals surface area contributed by atoms with Gasteiger partial charge in [0.1, 0.15) is 0 Å². The summed E-state index contributed by atoms with van der Waals surface area (Å²) in [5, 5.41) is 10.7. The number of hydrogen-bond acceptors (Lipinski definition) is 3. The summed E-state index contributed by atoms with van der Waals surface area (Å²) in [6.45, 7) is 0. The Hall–Kier alpha value is -1.94. The molecule has 82 valence electrons. The van der Waals surface area contributed by atoms with Crippen LogP contribution in [0.25, 0.3) is 10.8 Å². The molecule has 0 saturated carbocycles. The molecule has 3 N–H and O–H groups in total. The zero-order valence-electron chi connectivity index (χ0n) is 8.63. The van der Waals surface area contributed by atoms with Crippen molar-refractivity contribution in [3.63, 3.8) is 0 Å². The fraction of sp³-hybridized carbons (Fsp3) is 0.167. The highest BCUT2D eigenvalue weighted by Gasteiger charge is 2.12. The molecule has 4 heteroatoms. The average Bonchev–Trinajstić information content (AvgIpc) is 2.27. The number of nitrogens with zero attached hydrogens (tertiary/aromatic N) is 1. The average molecular weight is 216 g/mol. The Morgan fingerprint density at radius 1 is 1.44 bits per heavy atom. The number of benzene rings is 1. The molecule has 16 heavy (non-hydrogen) atoms. The zero-order chi connectivity index (χ0) is 11.5. The molecule has 0 saturated heterocycles. The van der Waals surface area contributed by atoms with Crippen LogP contribution in [-0.2, 0) is 4.79 Å². The molecule has 0 spiro atoms. The number of carbonyl (C=O) groups is 1. The van der Waals surface area contributed by atoms with Gasteiger partial charge in [-0.3, -0.25) is 9.78 Å². The quantitative estimate of drug-likeness (QED) is 0.818. The van der Waals surface area contributed by atoms with Crippen LogP contribution in [0.3, 0.4) is 0 Å². The molecule has 1 aromatic carbocycles. The number of aliphatic carboxylic acids is 1. The monoisotopic (exact) mass is 216 g/mol. The smallest absolute Gasteiger partial charge is 0.305 e. The third-order valence-corrected chi connectivity index (χ3v) is 2.51. The topological polar surface area (TPSA) is 76.2 Å². The largest absolute Gasteiger partial charge is 0.481 e. The maximum absolute atomic E-state index is 10.6. The number of carboxylic acids is 1. The van der Waals surface area contributed by atoms with Crippen molar-refractivity contribution in [1.82, 2.24) is 4.98 Å². The number of hydrogen-bond donors (Lipinski definition) is 2. The van der Waals surface area contributed by atoms with Crippen LogP contribution < -0.4 is 5.73 Å². The van der Waals surface area contributed by atoms with Gasteiger partial charge < -0.3 is 10.8 Å². The van der Waals surface area contributed by atoms with Crippen molar-refractivity contribution in [2.75, 3.05) is 0 Å². The molecule has 0 unspecified atom stereocenters. The summed E-state index contributed by atoms with van der Waals surface area (Å²) >= 11 is 0. The highest BCUT2D eigenvalue weighted by atomic mass is 16.4. The van der Waals surface area contributed by atoms with E-state index in [-0.39, 0.29) is 6.42 Å². The first kappa shape index (κ1) is 10.6. The summed E-state index contributed by atoms with van der Waals surface area (Å²) in [6.07, 6.45) is 3.35. The molecule has 0 aliphatic carbocycles. The highest BCUT2D eigenvalue weighted by Crippen LogP contribution is 2.23. The maximum atomic E-state index is 10.6. The zero-order valence-corrected chi connectivity index (χ0v) is 8.63.